The Morgan fingerprint density at radius 2 is 1.96 bits per heavy atom. The zero-order valence-electron chi connectivity index (χ0n) is 11.8. The van der Waals surface area contributed by atoms with E-state index in [2.05, 4.69) is 21.6 Å². The van der Waals surface area contributed by atoms with Crippen molar-refractivity contribution in [3.05, 3.63) is 59.0 Å². The van der Waals surface area contributed by atoms with Gasteiger partial charge in [0.15, 0.2) is 12.4 Å². The number of nitrogens with two attached hydrogens (primary N) is 1. The third kappa shape index (κ3) is 8.10. The number of hydrogen-bond donors (Lipinski definition) is 2. The van der Waals surface area contributed by atoms with Crippen molar-refractivity contribution in [3.8, 4) is 0 Å². The molecule has 0 fully saturated rings. The molecule has 0 aliphatic rings. The van der Waals surface area contributed by atoms with Crippen molar-refractivity contribution in [1.82, 2.24) is 5.32 Å². The number of benzene rings is 1. The molecule has 23 heavy (non-hydrogen) atoms. The van der Waals surface area contributed by atoms with Gasteiger partial charge < -0.3 is 15.8 Å². The van der Waals surface area contributed by atoms with Crippen LogP contribution in [-0.2, 0) is 11.3 Å². The average Bonchev–Trinajstić information content (AvgIpc) is 2.49. The molecule has 126 valence electrons. The summed E-state index contributed by atoms with van der Waals surface area (Å²) in [6.07, 6.45) is -3.91. The molecule has 0 aliphatic carbocycles. The second-order valence-electron chi connectivity index (χ2n) is 4.30. The maximum atomic E-state index is 13.6. The molecule has 0 spiro atoms. The fourth-order valence-electron chi connectivity index (χ4n) is 1.28. The Kier molecular flexibility index (Phi) is 6.89. The number of alkyl halides is 3. The minimum Gasteiger partial charge on any atom is -0.468 e. The fraction of sp³-hybridized carbons (Fsp3) is 0.214. The summed E-state index contributed by atoms with van der Waals surface area (Å²) in [4.78, 5) is 3.30. The van der Waals surface area contributed by atoms with Gasteiger partial charge in [-0.3, -0.25) is 0 Å². The van der Waals surface area contributed by atoms with E-state index < -0.39 is 24.5 Å². The summed E-state index contributed by atoms with van der Waals surface area (Å²) in [5.74, 6) is -1.87. The van der Waals surface area contributed by atoms with Gasteiger partial charge in [-0.05, 0) is 24.3 Å². The van der Waals surface area contributed by atoms with Gasteiger partial charge in [-0.2, -0.15) is 13.2 Å². The first-order chi connectivity index (χ1) is 10.7. The quantitative estimate of drug-likeness (QED) is 0.448. The zero-order chi connectivity index (χ0) is 17.5. The minimum absolute atomic E-state index is 0.232. The molecule has 0 atom stereocenters. The van der Waals surface area contributed by atoms with E-state index in [4.69, 9.17) is 17.3 Å². The normalized spacial score (nSPS) is 12.9. The summed E-state index contributed by atoms with van der Waals surface area (Å²) in [6, 6.07) is 6.78. The van der Waals surface area contributed by atoms with Crippen LogP contribution in [0.15, 0.2) is 53.4 Å². The first kappa shape index (κ1) is 18.8. The third-order valence-electron chi connectivity index (χ3n) is 2.38. The molecule has 0 bridgehead atoms. The highest BCUT2D eigenvalue weighted by atomic mass is 35.5. The zero-order valence-corrected chi connectivity index (χ0v) is 12.6. The molecule has 1 aromatic rings. The van der Waals surface area contributed by atoms with Crippen LogP contribution in [0.25, 0.3) is 0 Å². The highest BCUT2D eigenvalue weighted by Gasteiger charge is 2.28. The lowest BCUT2D eigenvalue weighted by Crippen LogP contribution is -2.21. The minimum atomic E-state index is -4.52. The molecular weight excluding hydrogens is 338 g/mol. The molecule has 0 amide bonds. The Morgan fingerprint density at radius 3 is 2.52 bits per heavy atom. The Balaban J connectivity index is 2.51. The van der Waals surface area contributed by atoms with Crippen LogP contribution in [0.3, 0.4) is 0 Å². The Bertz CT molecular complexity index is 597. The fourth-order valence-corrected chi connectivity index (χ4v) is 1.41. The average molecular weight is 352 g/mol. The summed E-state index contributed by atoms with van der Waals surface area (Å²) in [5.41, 5.74) is 6.26. The van der Waals surface area contributed by atoms with Crippen LogP contribution in [0, 0.1) is 0 Å². The first-order valence-corrected chi connectivity index (χ1v) is 6.61. The van der Waals surface area contributed by atoms with Gasteiger partial charge in [0.2, 0.25) is 5.88 Å². The largest absolute Gasteiger partial charge is 0.468 e. The van der Waals surface area contributed by atoms with Crippen LogP contribution in [0.4, 0.5) is 17.6 Å². The number of nitrogens with one attached hydrogen (secondary N) is 1. The lowest BCUT2D eigenvalue weighted by atomic mass is 10.2. The topological polar surface area (TPSA) is 59.6 Å². The van der Waals surface area contributed by atoms with Crippen molar-refractivity contribution in [3.63, 3.8) is 0 Å². The van der Waals surface area contributed by atoms with Gasteiger partial charge in [0.05, 0.1) is 6.21 Å². The second kappa shape index (κ2) is 8.42. The standard InChI is InChI=1S/C14H14ClF4N3O/c1-9(23-8-14(17,18)19)21-7-12(16)13(20)22-6-10-2-4-11(15)5-3-10/h2-5,7,22H,1,6,8,20H2/b13-12-,21-7-. The molecular formula is C14H14ClF4N3O. The van der Waals surface area contributed by atoms with Crippen molar-refractivity contribution >= 4 is 17.8 Å². The van der Waals surface area contributed by atoms with E-state index in [1.54, 1.807) is 24.3 Å². The predicted octanol–water partition coefficient (Wildman–Crippen LogP) is 3.65. The van der Waals surface area contributed by atoms with Crippen molar-refractivity contribution in [2.24, 2.45) is 10.7 Å². The van der Waals surface area contributed by atoms with Crippen molar-refractivity contribution in [1.29, 1.82) is 0 Å². The van der Waals surface area contributed by atoms with E-state index in [9.17, 15) is 17.6 Å². The Hall–Kier alpha value is -2.22. The Morgan fingerprint density at radius 1 is 1.35 bits per heavy atom. The number of ether oxygens (including phenoxy) is 1. The van der Waals surface area contributed by atoms with Gasteiger partial charge in [-0.25, -0.2) is 9.38 Å². The van der Waals surface area contributed by atoms with Gasteiger partial charge in [-0.15, -0.1) is 0 Å². The van der Waals surface area contributed by atoms with Crippen molar-refractivity contribution < 1.29 is 22.3 Å². The smallest absolute Gasteiger partial charge is 0.422 e. The van der Waals surface area contributed by atoms with Crippen LogP contribution in [-0.4, -0.2) is 19.0 Å². The van der Waals surface area contributed by atoms with Crippen LogP contribution < -0.4 is 11.1 Å². The van der Waals surface area contributed by atoms with Crippen LogP contribution in [0.2, 0.25) is 5.02 Å². The molecule has 0 aliphatic heterocycles. The van der Waals surface area contributed by atoms with Crippen LogP contribution >= 0.6 is 11.6 Å². The summed E-state index contributed by atoms with van der Waals surface area (Å²) in [6.45, 7) is 1.78. The van der Waals surface area contributed by atoms with Gasteiger partial charge >= 0.3 is 6.18 Å². The maximum Gasteiger partial charge on any atom is 0.422 e. The van der Waals surface area contributed by atoms with E-state index in [0.29, 0.717) is 11.2 Å². The van der Waals surface area contributed by atoms with E-state index in [0.717, 1.165) is 5.56 Å². The van der Waals surface area contributed by atoms with Gasteiger partial charge in [-0.1, -0.05) is 23.7 Å². The second-order valence-corrected chi connectivity index (χ2v) is 4.73. The number of nitrogens with zero attached hydrogens (tertiary/aromatic N) is 1. The summed E-state index contributed by atoms with van der Waals surface area (Å²) in [7, 11) is 0. The lowest BCUT2D eigenvalue weighted by molar-refractivity contribution is -0.164. The predicted molar refractivity (Wildman–Crippen MR) is 80.3 cm³/mol. The molecule has 1 aromatic carbocycles. The maximum absolute atomic E-state index is 13.6. The third-order valence-corrected chi connectivity index (χ3v) is 2.63. The van der Waals surface area contributed by atoms with Crippen molar-refractivity contribution in [2.75, 3.05) is 6.61 Å². The lowest BCUT2D eigenvalue weighted by Gasteiger charge is -2.08. The number of hydrogen-bond acceptors (Lipinski definition) is 4. The van der Waals surface area contributed by atoms with Crippen molar-refractivity contribution in [2.45, 2.75) is 12.7 Å². The number of aliphatic imine (C=N–C) groups is 1. The number of halogens is 5. The van der Waals surface area contributed by atoms with Crippen LogP contribution in [0.5, 0.6) is 0 Å². The first-order valence-electron chi connectivity index (χ1n) is 6.23. The monoisotopic (exact) mass is 351 g/mol. The Labute approximate surface area is 135 Å². The molecule has 3 N–H and O–H groups in total. The molecule has 0 heterocycles. The van der Waals surface area contributed by atoms with E-state index in [1.807, 2.05) is 0 Å². The summed E-state index contributed by atoms with van der Waals surface area (Å²) >= 11 is 5.73. The molecule has 0 unspecified atom stereocenters. The van der Waals surface area contributed by atoms with Gasteiger partial charge in [0, 0.05) is 11.6 Å². The number of allylic oxidation sites excluding steroid dienone is 1. The molecule has 0 aromatic heterocycles. The summed E-state index contributed by atoms with van der Waals surface area (Å²) in [5, 5.41) is 3.16. The number of rotatable bonds is 7. The molecule has 0 radical (unpaired) electrons. The van der Waals surface area contributed by atoms with E-state index >= 15 is 0 Å². The highest BCUT2D eigenvalue weighted by molar-refractivity contribution is 6.30. The SMILES string of the molecule is C=C(/N=C\C(F)=C(/N)NCc1ccc(Cl)cc1)OCC(F)(F)F. The molecule has 9 heteroatoms. The van der Waals surface area contributed by atoms with Crippen LogP contribution in [0.1, 0.15) is 5.56 Å². The molecule has 0 saturated carbocycles. The highest BCUT2D eigenvalue weighted by Crippen LogP contribution is 2.16. The summed E-state index contributed by atoms with van der Waals surface area (Å²) < 4.78 is 53.5. The van der Waals surface area contributed by atoms with E-state index in [1.165, 1.54) is 0 Å². The van der Waals surface area contributed by atoms with Gasteiger partial charge in [0.25, 0.3) is 0 Å². The molecule has 0 saturated heterocycles. The molecule has 4 nitrogen and oxygen atoms in total. The van der Waals surface area contributed by atoms with Gasteiger partial charge in [0.1, 0.15) is 5.82 Å². The van der Waals surface area contributed by atoms with E-state index in [-0.39, 0.29) is 12.4 Å². The molecule has 1 rings (SSSR count).